The quantitative estimate of drug-likeness (QED) is 0.786. The maximum Gasteiger partial charge on any atom is 0.224 e. The van der Waals surface area contributed by atoms with E-state index in [0.29, 0.717) is 29.7 Å². The molecule has 1 aromatic carbocycles. The van der Waals surface area contributed by atoms with Gasteiger partial charge in [0.2, 0.25) is 5.88 Å². The number of rotatable bonds is 7. The van der Waals surface area contributed by atoms with Crippen LogP contribution in [0.3, 0.4) is 0 Å². The predicted molar refractivity (Wildman–Crippen MR) is 95.2 cm³/mol. The molecule has 0 bridgehead atoms. The summed E-state index contributed by atoms with van der Waals surface area (Å²) in [6.07, 6.45) is 5.00. The molecular weight excluding hydrogens is 302 g/mol. The predicted octanol–water partition coefficient (Wildman–Crippen LogP) is 3.87. The van der Waals surface area contributed by atoms with Crippen molar-refractivity contribution in [1.82, 2.24) is 4.98 Å². The molecule has 0 fully saturated rings. The summed E-state index contributed by atoms with van der Waals surface area (Å²) in [6.45, 7) is 4.73. The van der Waals surface area contributed by atoms with Crippen molar-refractivity contribution in [3.63, 3.8) is 0 Å². The van der Waals surface area contributed by atoms with E-state index in [4.69, 9.17) is 4.74 Å². The van der Waals surface area contributed by atoms with Gasteiger partial charge in [0.15, 0.2) is 11.7 Å². The molecule has 0 atom stereocenters. The van der Waals surface area contributed by atoms with E-state index in [1.807, 2.05) is 25.1 Å². The van der Waals surface area contributed by atoms with Crippen LogP contribution in [0.5, 0.6) is 11.6 Å². The topological polar surface area (TPSA) is 67.1 Å². The molecule has 0 unspecified atom stereocenters. The van der Waals surface area contributed by atoms with Crippen molar-refractivity contribution in [2.45, 2.75) is 33.1 Å². The molecule has 0 radical (unpaired) electrons. The Morgan fingerprint density at radius 3 is 2.62 bits per heavy atom. The van der Waals surface area contributed by atoms with E-state index >= 15 is 0 Å². The fourth-order valence-corrected chi connectivity index (χ4v) is 2.58. The number of hydrogen-bond acceptors (Lipinski definition) is 5. The third-order valence-electron chi connectivity index (χ3n) is 3.90. The van der Waals surface area contributed by atoms with Crippen molar-refractivity contribution in [3.05, 3.63) is 53.2 Å². The summed E-state index contributed by atoms with van der Waals surface area (Å²) < 4.78 is 5.77. The third-order valence-corrected chi connectivity index (χ3v) is 3.90. The van der Waals surface area contributed by atoms with Crippen LogP contribution in [0.15, 0.2) is 46.5 Å². The summed E-state index contributed by atoms with van der Waals surface area (Å²) in [6, 6.07) is 9.12. The van der Waals surface area contributed by atoms with Crippen LogP contribution < -0.4 is 4.74 Å². The Labute approximate surface area is 141 Å². The van der Waals surface area contributed by atoms with Gasteiger partial charge in [-0.1, -0.05) is 31.9 Å². The van der Waals surface area contributed by atoms with Gasteiger partial charge in [0, 0.05) is 6.20 Å². The summed E-state index contributed by atoms with van der Waals surface area (Å²) >= 11 is 0. The van der Waals surface area contributed by atoms with E-state index in [1.165, 1.54) is 0 Å². The number of hydrogen-bond donors (Lipinski definition) is 1. The molecule has 1 aliphatic heterocycles. The van der Waals surface area contributed by atoms with Crippen molar-refractivity contribution in [3.8, 4) is 11.6 Å². The average Bonchev–Trinajstić information content (AvgIpc) is 2.54. The van der Waals surface area contributed by atoms with Gasteiger partial charge in [0.25, 0.3) is 0 Å². The highest BCUT2D eigenvalue weighted by Gasteiger charge is 2.23. The number of benzene rings is 1. The maximum atomic E-state index is 10.0. The molecule has 5 nitrogen and oxygen atoms in total. The second-order valence-corrected chi connectivity index (χ2v) is 5.75. The Balaban J connectivity index is 1.76. The zero-order valence-corrected chi connectivity index (χ0v) is 14.0. The second kappa shape index (κ2) is 7.25. The largest absolute Gasteiger partial charge is 0.507 e. The van der Waals surface area contributed by atoms with Crippen molar-refractivity contribution >= 4 is 11.7 Å². The summed E-state index contributed by atoms with van der Waals surface area (Å²) in [4.78, 5) is 13.2. The van der Waals surface area contributed by atoms with Crippen molar-refractivity contribution in [1.29, 1.82) is 0 Å². The van der Waals surface area contributed by atoms with Gasteiger partial charge >= 0.3 is 0 Å². The van der Waals surface area contributed by atoms with Crippen LogP contribution in [-0.4, -0.2) is 28.4 Å². The highest BCUT2D eigenvalue weighted by Crippen LogP contribution is 2.27. The van der Waals surface area contributed by atoms with Gasteiger partial charge < -0.3 is 9.84 Å². The third kappa shape index (κ3) is 3.30. The Bertz CT molecular complexity index is 777. The number of phenols is 1. The number of ether oxygens (including phenoxy) is 1. The highest BCUT2D eigenvalue weighted by molar-refractivity contribution is 6.25. The summed E-state index contributed by atoms with van der Waals surface area (Å²) in [7, 11) is 0. The molecule has 2 aromatic rings. The molecule has 0 saturated carbocycles. The van der Waals surface area contributed by atoms with Crippen LogP contribution in [-0.2, 0) is 0 Å². The molecule has 0 aliphatic carbocycles. The smallest absolute Gasteiger partial charge is 0.224 e. The van der Waals surface area contributed by atoms with E-state index in [2.05, 4.69) is 21.9 Å². The molecule has 0 saturated heterocycles. The normalized spacial score (nSPS) is 13.1. The zero-order chi connectivity index (χ0) is 16.9. The fraction of sp³-hybridized carbons (Fsp3) is 0.316. The van der Waals surface area contributed by atoms with Gasteiger partial charge in [-0.15, -0.1) is 0 Å². The molecule has 1 aromatic heterocycles. The number of aromatic nitrogens is 1. The number of phenolic OH excluding ortho intramolecular Hbond substituents is 1. The molecule has 124 valence electrons. The lowest BCUT2D eigenvalue weighted by Gasteiger charge is -2.17. The van der Waals surface area contributed by atoms with Gasteiger partial charge in [0.1, 0.15) is 5.75 Å². The lowest BCUT2D eigenvalue weighted by Crippen LogP contribution is -2.18. The molecular formula is C19H21N3O2. The lowest BCUT2D eigenvalue weighted by molar-refractivity contribution is 0.294. The Kier molecular flexibility index (Phi) is 4.89. The number of amidine groups is 2. The first-order valence-electron chi connectivity index (χ1n) is 8.25. The number of aryl methyl sites for hydroxylation is 1. The van der Waals surface area contributed by atoms with Gasteiger partial charge in [-0.3, -0.25) is 0 Å². The van der Waals surface area contributed by atoms with Crippen molar-refractivity contribution in [2.24, 2.45) is 9.98 Å². The van der Waals surface area contributed by atoms with Gasteiger partial charge in [-0.25, -0.2) is 15.0 Å². The number of pyridine rings is 1. The SMILES string of the molecule is CCCCCOc1ncccc1C1=NC(c2c(C)cccc2O)=N1. The molecule has 2 heterocycles. The lowest BCUT2D eigenvalue weighted by atomic mass is 10.1. The van der Waals surface area contributed by atoms with E-state index < -0.39 is 0 Å². The van der Waals surface area contributed by atoms with Crippen LogP contribution in [0.25, 0.3) is 0 Å². The Morgan fingerprint density at radius 1 is 1.04 bits per heavy atom. The summed E-state index contributed by atoms with van der Waals surface area (Å²) in [5.41, 5.74) is 2.40. The molecule has 1 N–H and O–H groups in total. The van der Waals surface area contributed by atoms with Gasteiger partial charge in [0.05, 0.1) is 17.7 Å². The molecule has 0 amide bonds. The molecule has 3 rings (SSSR count). The first kappa shape index (κ1) is 16.2. The van der Waals surface area contributed by atoms with Crippen molar-refractivity contribution in [2.75, 3.05) is 6.61 Å². The summed E-state index contributed by atoms with van der Waals surface area (Å²) in [5.74, 6) is 1.88. The molecule has 5 heteroatoms. The fourth-order valence-electron chi connectivity index (χ4n) is 2.58. The van der Waals surface area contributed by atoms with Crippen LogP contribution in [0, 0.1) is 6.92 Å². The maximum absolute atomic E-state index is 10.0. The number of unbranched alkanes of at least 4 members (excludes halogenated alkanes) is 2. The minimum atomic E-state index is 0.193. The van der Waals surface area contributed by atoms with E-state index in [0.717, 1.165) is 30.4 Å². The number of nitrogens with zero attached hydrogens (tertiary/aromatic N) is 3. The molecule has 24 heavy (non-hydrogen) atoms. The Morgan fingerprint density at radius 2 is 1.88 bits per heavy atom. The average molecular weight is 323 g/mol. The van der Waals surface area contributed by atoms with Crippen LogP contribution in [0.4, 0.5) is 0 Å². The van der Waals surface area contributed by atoms with Crippen LogP contribution in [0.1, 0.15) is 42.9 Å². The highest BCUT2D eigenvalue weighted by atomic mass is 16.5. The first-order valence-corrected chi connectivity index (χ1v) is 8.25. The zero-order valence-electron chi connectivity index (χ0n) is 14.0. The Hall–Kier alpha value is -2.69. The number of aliphatic imine (C=N–C) groups is 2. The van der Waals surface area contributed by atoms with Gasteiger partial charge in [-0.05, 0) is 37.1 Å². The first-order chi connectivity index (χ1) is 11.7. The van der Waals surface area contributed by atoms with Crippen LogP contribution in [0.2, 0.25) is 0 Å². The van der Waals surface area contributed by atoms with Crippen LogP contribution >= 0.6 is 0 Å². The minimum Gasteiger partial charge on any atom is -0.507 e. The molecule has 1 aliphatic rings. The number of aromatic hydroxyl groups is 1. The minimum absolute atomic E-state index is 0.193. The van der Waals surface area contributed by atoms with Crippen molar-refractivity contribution < 1.29 is 9.84 Å². The van der Waals surface area contributed by atoms with Gasteiger partial charge in [-0.2, -0.15) is 0 Å². The standard InChI is InChI=1S/C19H21N3O2/c1-3-4-5-12-24-19-14(9-7-11-20-19)17-21-18(22-17)16-13(2)8-6-10-15(16)23/h6-11,23H,3-5,12H2,1-2H3. The molecule has 0 spiro atoms. The summed E-state index contributed by atoms with van der Waals surface area (Å²) in [5, 5.41) is 10.0. The second-order valence-electron chi connectivity index (χ2n) is 5.75. The monoisotopic (exact) mass is 323 g/mol. The van der Waals surface area contributed by atoms with E-state index in [9.17, 15) is 5.11 Å². The van der Waals surface area contributed by atoms with E-state index in [-0.39, 0.29) is 5.75 Å². The van der Waals surface area contributed by atoms with E-state index in [1.54, 1.807) is 18.3 Å².